The molecule has 6 heteroatoms. The van der Waals surface area contributed by atoms with Gasteiger partial charge in [0.2, 0.25) is 11.8 Å². The lowest BCUT2D eigenvalue weighted by Crippen LogP contribution is -2.58. The van der Waals surface area contributed by atoms with Crippen LogP contribution in [-0.2, 0) is 20.9 Å². The lowest BCUT2D eigenvalue weighted by Gasteiger charge is -2.30. The van der Waals surface area contributed by atoms with Gasteiger partial charge in [0.1, 0.15) is 19.2 Å². The molecule has 1 aromatic carbocycles. The van der Waals surface area contributed by atoms with Gasteiger partial charge >= 0.3 is 6.09 Å². The van der Waals surface area contributed by atoms with E-state index in [1.807, 2.05) is 30.3 Å². The normalized spacial score (nSPS) is 19.0. The summed E-state index contributed by atoms with van der Waals surface area (Å²) in [5.41, 5.74) is 0.844. The van der Waals surface area contributed by atoms with Gasteiger partial charge < -0.3 is 4.74 Å². The molecule has 0 aromatic heterocycles. The molecular formula is C13H14N2O4. The van der Waals surface area contributed by atoms with Crippen LogP contribution in [0.3, 0.4) is 0 Å². The second-order valence-corrected chi connectivity index (χ2v) is 4.26. The number of carbonyl (C=O) groups is 3. The molecule has 0 bridgehead atoms. The van der Waals surface area contributed by atoms with Crippen LogP contribution < -0.4 is 5.32 Å². The van der Waals surface area contributed by atoms with E-state index in [-0.39, 0.29) is 13.2 Å². The third-order valence-electron chi connectivity index (χ3n) is 2.86. The molecule has 1 N–H and O–H groups in total. The van der Waals surface area contributed by atoms with Crippen molar-refractivity contribution >= 4 is 17.9 Å². The Kier molecular flexibility index (Phi) is 3.79. The van der Waals surface area contributed by atoms with E-state index in [0.717, 1.165) is 10.5 Å². The molecule has 100 valence electrons. The van der Waals surface area contributed by atoms with Crippen LogP contribution in [-0.4, -0.2) is 35.4 Å². The smallest absolute Gasteiger partial charge is 0.411 e. The molecule has 3 amide bonds. The third-order valence-corrected chi connectivity index (χ3v) is 2.86. The van der Waals surface area contributed by atoms with E-state index in [2.05, 4.69) is 5.32 Å². The van der Waals surface area contributed by atoms with E-state index in [0.29, 0.717) is 0 Å². The zero-order chi connectivity index (χ0) is 13.8. The zero-order valence-corrected chi connectivity index (χ0v) is 10.5. The van der Waals surface area contributed by atoms with Gasteiger partial charge in [0.15, 0.2) is 0 Å². The molecule has 1 saturated heterocycles. The van der Waals surface area contributed by atoms with Crippen molar-refractivity contribution in [2.75, 3.05) is 6.54 Å². The molecule has 1 fully saturated rings. The van der Waals surface area contributed by atoms with Crippen LogP contribution in [0.25, 0.3) is 0 Å². The minimum absolute atomic E-state index is 0.110. The standard InChI is InChI=1S/C13H14N2O4/c1-9-12(17)14-11(16)7-15(9)13(18)19-8-10-5-3-2-4-6-10/h2-6,9H,7-8H2,1H3,(H,14,16,17). The Labute approximate surface area is 110 Å². The number of benzene rings is 1. The molecule has 1 aliphatic rings. The number of carbonyl (C=O) groups excluding carboxylic acids is 3. The summed E-state index contributed by atoms with van der Waals surface area (Å²) in [6.45, 7) is 1.49. The average Bonchev–Trinajstić information content (AvgIpc) is 2.41. The fraction of sp³-hybridized carbons (Fsp3) is 0.308. The van der Waals surface area contributed by atoms with E-state index < -0.39 is 23.9 Å². The molecule has 6 nitrogen and oxygen atoms in total. The first-order chi connectivity index (χ1) is 9.08. The van der Waals surface area contributed by atoms with Crippen molar-refractivity contribution in [1.29, 1.82) is 0 Å². The second kappa shape index (κ2) is 5.51. The van der Waals surface area contributed by atoms with E-state index in [1.54, 1.807) is 6.92 Å². The van der Waals surface area contributed by atoms with Crippen molar-refractivity contribution in [1.82, 2.24) is 10.2 Å². The Morgan fingerprint density at radius 3 is 2.74 bits per heavy atom. The predicted octanol–water partition coefficient (Wildman–Crippen LogP) is 0.670. The summed E-state index contributed by atoms with van der Waals surface area (Å²) in [4.78, 5) is 35.6. The van der Waals surface area contributed by atoms with Gasteiger partial charge in [-0.3, -0.25) is 19.8 Å². The molecule has 1 atom stereocenters. The number of hydrogen-bond acceptors (Lipinski definition) is 4. The van der Waals surface area contributed by atoms with Crippen LogP contribution >= 0.6 is 0 Å². The van der Waals surface area contributed by atoms with Crippen LogP contribution in [0.4, 0.5) is 4.79 Å². The molecule has 1 aromatic rings. The largest absolute Gasteiger partial charge is 0.445 e. The number of nitrogens with zero attached hydrogens (tertiary/aromatic N) is 1. The van der Waals surface area contributed by atoms with Crippen LogP contribution in [0.15, 0.2) is 30.3 Å². The summed E-state index contributed by atoms with van der Waals surface area (Å²) in [5, 5.41) is 2.16. The fourth-order valence-corrected chi connectivity index (χ4v) is 1.74. The van der Waals surface area contributed by atoms with Crippen molar-refractivity contribution in [2.45, 2.75) is 19.6 Å². The Balaban J connectivity index is 1.95. The highest BCUT2D eigenvalue weighted by Gasteiger charge is 2.34. The van der Waals surface area contributed by atoms with Crippen molar-refractivity contribution < 1.29 is 19.1 Å². The van der Waals surface area contributed by atoms with Crippen molar-refractivity contribution in [3.8, 4) is 0 Å². The van der Waals surface area contributed by atoms with Gasteiger partial charge in [0, 0.05) is 0 Å². The summed E-state index contributed by atoms with van der Waals surface area (Å²) < 4.78 is 5.09. The zero-order valence-electron chi connectivity index (χ0n) is 10.5. The van der Waals surface area contributed by atoms with E-state index in [4.69, 9.17) is 4.74 Å². The number of nitrogens with one attached hydrogen (secondary N) is 1. The average molecular weight is 262 g/mol. The number of piperazine rings is 1. The van der Waals surface area contributed by atoms with Gasteiger partial charge in [-0.2, -0.15) is 0 Å². The lowest BCUT2D eigenvalue weighted by atomic mass is 10.2. The lowest BCUT2D eigenvalue weighted by molar-refractivity contribution is -0.138. The summed E-state index contributed by atoms with van der Waals surface area (Å²) in [5.74, 6) is -0.993. The van der Waals surface area contributed by atoms with Gasteiger partial charge in [-0.25, -0.2) is 4.79 Å². The van der Waals surface area contributed by atoms with Crippen molar-refractivity contribution in [2.24, 2.45) is 0 Å². The molecule has 0 saturated carbocycles. The minimum atomic E-state index is -0.707. The molecule has 2 rings (SSSR count). The summed E-state index contributed by atoms with van der Waals surface area (Å²) >= 11 is 0. The van der Waals surface area contributed by atoms with E-state index in [1.165, 1.54) is 0 Å². The third kappa shape index (κ3) is 3.09. The molecule has 1 unspecified atom stereocenters. The van der Waals surface area contributed by atoms with Crippen LogP contribution in [0, 0.1) is 0 Å². The van der Waals surface area contributed by atoms with Crippen molar-refractivity contribution in [3.63, 3.8) is 0 Å². The summed E-state index contributed by atoms with van der Waals surface area (Å²) in [6.07, 6.45) is -0.667. The Hall–Kier alpha value is -2.37. The highest BCUT2D eigenvalue weighted by atomic mass is 16.6. The predicted molar refractivity (Wildman–Crippen MR) is 65.9 cm³/mol. The highest BCUT2D eigenvalue weighted by Crippen LogP contribution is 2.09. The van der Waals surface area contributed by atoms with Crippen LogP contribution in [0.2, 0.25) is 0 Å². The number of ether oxygens (including phenoxy) is 1. The SMILES string of the molecule is CC1C(=O)NC(=O)CN1C(=O)OCc1ccccc1. The highest BCUT2D eigenvalue weighted by molar-refractivity contribution is 6.03. The number of amides is 3. The monoisotopic (exact) mass is 262 g/mol. The van der Waals surface area contributed by atoms with Gasteiger partial charge in [0.25, 0.3) is 0 Å². The quantitative estimate of drug-likeness (QED) is 0.795. The summed E-state index contributed by atoms with van der Waals surface area (Å²) in [7, 11) is 0. The van der Waals surface area contributed by atoms with Crippen LogP contribution in [0.1, 0.15) is 12.5 Å². The first kappa shape index (κ1) is 13.1. The second-order valence-electron chi connectivity index (χ2n) is 4.26. The fourth-order valence-electron chi connectivity index (χ4n) is 1.74. The maximum Gasteiger partial charge on any atom is 0.411 e. The van der Waals surface area contributed by atoms with Gasteiger partial charge in [-0.05, 0) is 12.5 Å². The van der Waals surface area contributed by atoms with E-state index >= 15 is 0 Å². The Morgan fingerprint density at radius 1 is 1.37 bits per heavy atom. The van der Waals surface area contributed by atoms with Crippen LogP contribution in [0.5, 0.6) is 0 Å². The molecule has 0 radical (unpaired) electrons. The number of rotatable bonds is 2. The van der Waals surface area contributed by atoms with Gasteiger partial charge in [0.05, 0.1) is 0 Å². The molecule has 1 aliphatic heterocycles. The Bertz CT molecular complexity index is 501. The molecule has 0 aliphatic carbocycles. The Morgan fingerprint density at radius 2 is 2.05 bits per heavy atom. The first-order valence-corrected chi connectivity index (χ1v) is 5.89. The molecule has 0 spiro atoms. The van der Waals surface area contributed by atoms with Gasteiger partial charge in [-0.15, -0.1) is 0 Å². The van der Waals surface area contributed by atoms with Crippen molar-refractivity contribution in [3.05, 3.63) is 35.9 Å². The van der Waals surface area contributed by atoms with Gasteiger partial charge in [-0.1, -0.05) is 30.3 Å². The maximum atomic E-state index is 11.8. The number of hydrogen-bond donors (Lipinski definition) is 1. The summed E-state index contributed by atoms with van der Waals surface area (Å²) in [6, 6.07) is 8.48. The first-order valence-electron chi connectivity index (χ1n) is 5.89. The topological polar surface area (TPSA) is 75.7 Å². The minimum Gasteiger partial charge on any atom is -0.445 e. The molecular weight excluding hydrogens is 248 g/mol. The molecule has 19 heavy (non-hydrogen) atoms. The maximum absolute atomic E-state index is 11.8. The molecule has 1 heterocycles. The van der Waals surface area contributed by atoms with E-state index in [9.17, 15) is 14.4 Å². The number of imide groups is 1.